The standard InChI is InChI=1S/C27H39ClN2O/c1-25(11-12-28)21-13-26(20-5-3-2-4-6-20)14-22(25)16-27(15-21,18-26)24(31)30-23-9-7-19(17-29)8-10-23/h2-6,19,21-23H,7-18,29H2,1H3,(H,30,31)/t19-,21-,22?,23-,25?,26?,27?/m0/s1. The quantitative estimate of drug-likeness (QED) is 0.579. The molecule has 5 aliphatic rings. The van der Waals surface area contributed by atoms with Gasteiger partial charge in [-0.25, -0.2) is 0 Å². The van der Waals surface area contributed by atoms with Gasteiger partial charge in [-0.15, -0.1) is 11.6 Å². The lowest BCUT2D eigenvalue weighted by Gasteiger charge is -2.68. The minimum Gasteiger partial charge on any atom is -0.353 e. The first kappa shape index (κ1) is 21.8. The van der Waals surface area contributed by atoms with Crippen LogP contribution in [0.1, 0.15) is 76.7 Å². The van der Waals surface area contributed by atoms with E-state index < -0.39 is 0 Å². The largest absolute Gasteiger partial charge is 0.353 e. The van der Waals surface area contributed by atoms with Gasteiger partial charge in [0.2, 0.25) is 5.91 Å². The number of amides is 1. The molecule has 0 aliphatic heterocycles. The van der Waals surface area contributed by atoms with Crippen LogP contribution in [0.3, 0.4) is 0 Å². The Morgan fingerprint density at radius 3 is 2.29 bits per heavy atom. The number of benzene rings is 1. The number of hydrogen-bond acceptors (Lipinski definition) is 2. The number of nitrogens with two attached hydrogens (primary N) is 1. The molecule has 0 heterocycles. The van der Waals surface area contributed by atoms with Crippen LogP contribution in [0.15, 0.2) is 30.3 Å². The number of carbonyl (C=O) groups is 1. The van der Waals surface area contributed by atoms with Gasteiger partial charge < -0.3 is 11.1 Å². The lowest BCUT2D eigenvalue weighted by atomic mass is 9.36. The summed E-state index contributed by atoms with van der Waals surface area (Å²) >= 11 is 6.30. The van der Waals surface area contributed by atoms with Gasteiger partial charge in [0.25, 0.3) is 0 Å². The first-order valence-electron chi connectivity index (χ1n) is 12.6. The fourth-order valence-electron chi connectivity index (χ4n) is 8.29. The molecule has 3 nitrogen and oxygen atoms in total. The lowest BCUT2D eigenvalue weighted by Crippen LogP contribution is -2.65. The Kier molecular flexibility index (Phi) is 5.66. The van der Waals surface area contributed by atoms with Crippen molar-refractivity contribution in [2.24, 2.45) is 34.3 Å². The van der Waals surface area contributed by atoms with E-state index >= 15 is 0 Å². The average Bonchev–Trinajstić information content (AvgIpc) is 2.78. The number of nitrogens with one attached hydrogen (secondary N) is 1. The molecule has 5 fully saturated rings. The first-order valence-corrected chi connectivity index (χ1v) is 13.1. The summed E-state index contributed by atoms with van der Waals surface area (Å²) in [6.45, 7) is 3.26. The van der Waals surface area contributed by atoms with E-state index in [2.05, 4.69) is 42.6 Å². The van der Waals surface area contributed by atoms with Crippen molar-refractivity contribution in [1.29, 1.82) is 0 Å². The average molecular weight is 443 g/mol. The minimum atomic E-state index is -0.196. The van der Waals surface area contributed by atoms with Crippen molar-refractivity contribution < 1.29 is 4.79 Å². The van der Waals surface area contributed by atoms with Crippen molar-refractivity contribution in [3.63, 3.8) is 0 Å². The number of hydrogen-bond donors (Lipinski definition) is 2. The topological polar surface area (TPSA) is 55.1 Å². The van der Waals surface area contributed by atoms with Gasteiger partial charge in [0.15, 0.2) is 0 Å². The van der Waals surface area contributed by atoms with Crippen molar-refractivity contribution in [2.45, 2.75) is 82.6 Å². The first-order chi connectivity index (χ1) is 14.9. The van der Waals surface area contributed by atoms with Gasteiger partial charge in [-0.1, -0.05) is 37.3 Å². The van der Waals surface area contributed by atoms with Crippen molar-refractivity contribution in [2.75, 3.05) is 12.4 Å². The van der Waals surface area contributed by atoms with Gasteiger partial charge in [-0.2, -0.15) is 0 Å². The molecule has 1 aromatic rings. The zero-order valence-corrected chi connectivity index (χ0v) is 19.8. The highest BCUT2D eigenvalue weighted by Gasteiger charge is 2.67. The molecule has 0 spiro atoms. The van der Waals surface area contributed by atoms with E-state index in [1.54, 1.807) is 0 Å². The van der Waals surface area contributed by atoms with Crippen molar-refractivity contribution >= 4 is 17.5 Å². The van der Waals surface area contributed by atoms with Gasteiger partial charge in [0, 0.05) is 11.9 Å². The Bertz CT molecular complexity index is 785. The molecule has 170 valence electrons. The Hall–Kier alpha value is -1.06. The predicted molar refractivity (Wildman–Crippen MR) is 127 cm³/mol. The third-order valence-corrected chi connectivity index (χ3v) is 10.3. The monoisotopic (exact) mass is 442 g/mol. The van der Waals surface area contributed by atoms with Crippen LogP contribution in [0.25, 0.3) is 0 Å². The Labute approximate surface area is 192 Å². The molecule has 3 N–H and O–H groups in total. The van der Waals surface area contributed by atoms with Gasteiger partial charge in [-0.05, 0) is 105 Å². The molecule has 4 bridgehead atoms. The van der Waals surface area contributed by atoms with Crippen LogP contribution in [0.5, 0.6) is 0 Å². The van der Waals surface area contributed by atoms with Crippen LogP contribution in [0, 0.1) is 28.6 Å². The third-order valence-electron chi connectivity index (χ3n) is 10.1. The summed E-state index contributed by atoms with van der Waals surface area (Å²) < 4.78 is 0. The molecule has 6 rings (SSSR count). The summed E-state index contributed by atoms with van der Waals surface area (Å²) in [5.74, 6) is 2.90. The second kappa shape index (κ2) is 8.06. The highest BCUT2D eigenvalue weighted by molar-refractivity contribution is 6.17. The molecule has 31 heavy (non-hydrogen) atoms. The molecule has 5 saturated carbocycles. The molecular weight excluding hydrogens is 404 g/mol. The van der Waals surface area contributed by atoms with E-state index in [0.29, 0.717) is 29.7 Å². The van der Waals surface area contributed by atoms with E-state index in [0.717, 1.165) is 63.8 Å². The van der Waals surface area contributed by atoms with Crippen LogP contribution < -0.4 is 11.1 Å². The number of carbonyl (C=O) groups excluding carboxylic acids is 1. The summed E-state index contributed by atoms with van der Waals surface area (Å²) in [7, 11) is 0. The molecule has 4 heteroatoms. The smallest absolute Gasteiger partial charge is 0.226 e. The van der Waals surface area contributed by atoms with Crippen LogP contribution >= 0.6 is 11.6 Å². The fourth-order valence-corrected chi connectivity index (χ4v) is 8.70. The van der Waals surface area contributed by atoms with Crippen LogP contribution in [0.4, 0.5) is 0 Å². The summed E-state index contributed by atoms with van der Waals surface area (Å²) in [4.78, 5) is 13.9. The van der Waals surface area contributed by atoms with E-state index in [-0.39, 0.29) is 16.2 Å². The maximum atomic E-state index is 13.9. The van der Waals surface area contributed by atoms with Crippen LogP contribution in [-0.4, -0.2) is 24.4 Å². The maximum absolute atomic E-state index is 13.9. The summed E-state index contributed by atoms with van der Waals surface area (Å²) in [5, 5.41) is 3.54. The Morgan fingerprint density at radius 1 is 1.06 bits per heavy atom. The second-order valence-corrected chi connectivity index (χ2v) is 12.1. The molecule has 5 atom stereocenters. The van der Waals surface area contributed by atoms with Crippen molar-refractivity contribution in [1.82, 2.24) is 5.32 Å². The minimum absolute atomic E-state index is 0.160. The summed E-state index contributed by atoms with van der Waals surface area (Å²) in [5.41, 5.74) is 7.58. The normalized spacial score (nSPS) is 43.7. The molecule has 0 radical (unpaired) electrons. The molecule has 1 amide bonds. The van der Waals surface area contributed by atoms with Gasteiger partial charge in [0.05, 0.1) is 5.41 Å². The second-order valence-electron chi connectivity index (χ2n) is 11.7. The van der Waals surface area contributed by atoms with E-state index in [1.165, 1.54) is 18.4 Å². The molecule has 1 aromatic carbocycles. The predicted octanol–water partition coefficient (Wildman–Crippen LogP) is 5.40. The molecule has 0 saturated heterocycles. The SMILES string of the molecule is CC1(CCCl)C2CC3(C(=O)N[C@H]4CC[C@H](CN)CC4)C[C@@H]1CC(c1ccccc1)(C2)C3. The summed E-state index contributed by atoms with van der Waals surface area (Å²) in [6, 6.07) is 11.4. The van der Waals surface area contributed by atoms with Crippen molar-refractivity contribution in [3.8, 4) is 0 Å². The van der Waals surface area contributed by atoms with Gasteiger partial charge >= 0.3 is 0 Å². The van der Waals surface area contributed by atoms with E-state index in [4.69, 9.17) is 17.3 Å². The fraction of sp³-hybridized carbons (Fsp3) is 0.741. The molecule has 5 aliphatic carbocycles. The van der Waals surface area contributed by atoms with Gasteiger partial charge in [0.1, 0.15) is 0 Å². The highest BCUT2D eigenvalue weighted by atomic mass is 35.5. The third kappa shape index (κ3) is 3.55. The lowest BCUT2D eigenvalue weighted by molar-refractivity contribution is -0.176. The maximum Gasteiger partial charge on any atom is 0.226 e. The zero-order chi connectivity index (χ0) is 21.7. The molecule has 4 unspecified atom stereocenters. The number of alkyl halides is 1. The zero-order valence-electron chi connectivity index (χ0n) is 19.0. The van der Waals surface area contributed by atoms with Crippen LogP contribution in [-0.2, 0) is 10.2 Å². The number of rotatable bonds is 6. The molecule has 0 aromatic heterocycles. The van der Waals surface area contributed by atoms with Crippen LogP contribution in [0.2, 0.25) is 0 Å². The Balaban J connectivity index is 1.42. The van der Waals surface area contributed by atoms with E-state index in [1.807, 2.05) is 0 Å². The summed E-state index contributed by atoms with van der Waals surface area (Å²) in [6.07, 6.45) is 11.1. The van der Waals surface area contributed by atoms with Gasteiger partial charge in [-0.3, -0.25) is 4.79 Å². The highest BCUT2D eigenvalue weighted by Crippen LogP contribution is 2.72. The number of halogens is 1. The molecular formula is C27H39ClN2O. The van der Waals surface area contributed by atoms with E-state index in [9.17, 15) is 4.79 Å². The Morgan fingerprint density at radius 2 is 1.71 bits per heavy atom. The van der Waals surface area contributed by atoms with Crippen molar-refractivity contribution in [3.05, 3.63) is 35.9 Å².